The SMILES string of the molecule is COc1cc(C2=Nc3cc(=Cc4sc(=O)n(Cc5cc(OC)c(OC)c(OC)c5)c4O)ccc3=N2)ccc1OCC(C)C. The lowest BCUT2D eigenvalue weighted by Gasteiger charge is -2.14. The monoisotopic (exact) mass is 603 g/mol. The summed E-state index contributed by atoms with van der Waals surface area (Å²) in [4.78, 5) is 22.4. The molecule has 0 atom stereocenters. The van der Waals surface area contributed by atoms with Crippen LogP contribution in [0.25, 0.3) is 6.08 Å². The molecule has 10 nitrogen and oxygen atoms in total. The molecule has 0 amide bonds. The molecule has 5 rings (SSSR count). The van der Waals surface area contributed by atoms with Crippen LogP contribution in [0.1, 0.15) is 29.9 Å². The number of thiazole rings is 1. The molecule has 4 aromatic rings. The van der Waals surface area contributed by atoms with E-state index in [0.29, 0.717) is 63.2 Å². The van der Waals surface area contributed by atoms with E-state index in [0.717, 1.165) is 27.5 Å². The fourth-order valence-corrected chi connectivity index (χ4v) is 5.43. The van der Waals surface area contributed by atoms with Crippen molar-refractivity contribution in [3.05, 3.63) is 84.8 Å². The highest BCUT2D eigenvalue weighted by Gasteiger charge is 2.18. The van der Waals surface area contributed by atoms with Crippen molar-refractivity contribution in [2.24, 2.45) is 15.9 Å². The molecule has 0 unspecified atom stereocenters. The summed E-state index contributed by atoms with van der Waals surface area (Å²) in [7, 11) is 6.17. The summed E-state index contributed by atoms with van der Waals surface area (Å²) in [5.41, 5.74) is 2.19. The van der Waals surface area contributed by atoms with Gasteiger partial charge in [0.1, 0.15) is 0 Å². The van der Waals surface area contributed by atoms with Crippen LogP contribution in [0, 0.1) is 5.92 Å². The maximum atomic E-state index is 12.9. The van der Waals surface area contributed by atoms with Gasteiger partial charge in [-0.2, -0.15) is 0 Å². The average molecular weight is 604 g/mol. The summed E-state index contributed by atoms with van der Waals surface area (Å²) in [6.07, 6.45) is 1.75. The number of aromatic hydroxyl groups is 1. The molecule has 11 heteroatoms. The highest BCUT2D eigenvalue weighted by atomic mass is 32.1. The highest BCUT2D eigenvalue weighted by Crippen LogP contribution is 2.38. The number of rotatable bonds is 11. The van der Waals surface area contributed by atoms with Gasteiger partial charge in [-0.3, -0.25) is 9.36 Å². The molecular formula is C32H33N3O7S. The van der Waals surface area contributed by atoms with Gasteiger partial charge in [-0.1, -0.05) is 31.3 Å². The molecule has 0 aliphatic carbocycles. The van der Waals surface area contributed by atoms with E-state index in [4.69, 9.17) is 28.7 Å². The first kappa shape index (κ1) is 29.7. The molecule has 43 heavy (non-hydrogen) atoms. The first-order chi connectivity index (χ1) is 20.7. The molecule has 224 valence electrons. The van der Waals surface area contributed by atoms with E-state index in [2.05, 4.69) is 18.8 Å². The predicted molar refractivity (Wildman–Crippen MR) is 166 cm³/mol. The second-order valence-corrected chi connectivity index (χ2v) is 11.2. The Hall–Kier alpha value is -4.77. The third kappa shape index (κ3) is 6.21. The van der Waals surface area contributed by atoms with Crippen molar-refractivity contribution in [2.45, 2.75) is 20.4 Å². The first-order valence-electron chi connectivity index (χ1n) is 13.6. The summed E-state index contributed by atoms with van der Waals surface area (Å²) in [6.45, 7) is 4.88. The topological polar surface area (TPSA) is 113 Å². The zero-order valence-electron chi connectivity index (χ0n) is 24.8. The standard InChI is InChI=1S/C32H33N3O7S/c1-18(2)17-42-24-10-8-21(15-25(24)38-3)30-33-22-9-7-19(11-23(22)34-30)14-28-31(36)35(32(37)43-28)16-20-12-26(39-4)29(41-6)27(13-20)40-5/h7-15,18,36H,16-17H2,1-6H3. The summed E-state index contributed by atoms with van der Waals surface area (Å²) in [6, 6.07) is 14.7. The normalized spacial score (nSPS) is 12.5. The molecule has 3 aromatic carbocycles. The van der Waals surface area contributed by atoms with Crippen LogP contribution in [0.5, 0.6) is 34.6 Å². The second-order valence-electron chi connectivity index (χ2n) is 10.2. The van der Waals surface area contributed by atoms with Crippen molar-refractivity contribution in [3.8, 4) is 34.6 Å². The van der Waals surface area contributed by atoms with Crippen molar-refractivity contribution in [2.75, 3.05) is 35.0 Å². The Balaban J connectivity index is 1.42. The van der Waals surface area contributed by atoms with Gasteiger partial charge in [0.15, 0.2) is 28.8 Å². The Morgan fingerprint density at radius 1 is 0.884 bits per heavy atom. The van der Waals surface area contributed by atoms with E-state index in [-0.39, 0.29) is 17.3 Å². The van der Waals surface area contributed by atoms with E-state index in [1.54, 1.807) is 25.3 Å². The van der Waals surface area contributed by atoms with E-state index in [1.807, 2.05) is 36.4 Å². The highest BCUT2D eigenvalue weighted by molar-refractivity contribution is 7.10. The minimum atomic E-state index is -0.302. The Morgan fingerprint density at radius 2 is 1.60 bits per heavy atom. The first-order valence-corrected chi connectivity index (χ1v) is 14.4. The lowest BCUT2D eigenvalue weighted by molar-refractivity contribution is 0.257. The zero-order valence-corrected chi connectivity index (χ0v) is 25.7. The number of aromatic nitrogens is 1. The summed E-state index contributed by atoms with van der Waals surface area (Å²) in [5, 5.41) is 12.5. The number of aliphatic imine (C=N–C) groups is 1. The molecule has 1 aliphatic heterocycles. The van der Waals surface area contributed by atoms with Gasteiger partial charge in [0.2, 0.25) is 11.6 Å². The van der Waals surface area contributed by atoms with E-state index < -0.39 is 0 Å². The summed E-state index contributed by atoms with van der Waals surface area (Å²) in [5.74, 6) is 3.47. The minimum absolute atomic E-state index is 0.118. The fraction of sp³-hybridized carbons (Fsp3) is 0.281. The van der Waals surface area contributed by atoms with Crippen LogP contribution in [0.2, 0.25) is 0 Å². The molecule has 1 aromatic heterocycles. The van der Waals surface area contributed by atoms with Gasteiger partial charge in [0.05, 0.1) is 57.5 Å². The number of amidine groups is 1. The number of ether oxygens (including phenoxy) is 5. The van der Waals surface area contributed by atoms with Crippen LogP contribution >= 0.6 is 11.3 Å². The number of benzene rings is 3. The van der Waals surface area contributed by atoms with Crippen LogP contribution in [-0.2, 0) is 6.54 Å². The zero-order chi connectivity index (χ0) is 30.7. The third-order valence-corrected chi connectivity index (χ3v) is 7.62. The molecule has 0 radical (unpaired) electrons. The van der Waals surface area contributed by atoms with Gasteiger partial charge in [0, 0.05) is 5.56 Å². The maximum absolute atomic E-state index is 12.9. The smallest absolute Gasteiger partial charge is 0.310 e. The van der Waals surface area contributed by atoms with Crippen LogP contribution in [0.4, 0.5) is 5.69 Å². The number of hydrogen-bond acceptors (Lipinski definition) is 10. The molecule has 0 saturated carbocycles. The molecule has 1 aliphatic rings. The van der Waals surface area contributed by atoms with Crippen molar-refractivity contribution < 1.29 is 28.8 Å². The Labute approximate surface area is 252 Å². The van der Waals surface area contributed by atoms with Crippen molar-refractivity contribution in [1.82, 2.24) is 4.57 Å². The van der Waals surface area contributed by atoms with Gasteiger partial charge in [-0.25, -0.2) is 9.98 Å². The lowest BCUT2D eigenvalue weighted by Crippen LogP contribution is -2.13. The lowest BCUT2D eigenvalue weighted by atomic mass is 10.1. The molecule has 1 N–H and O–H groups in total. The Morgan fingerprint density at radius 3 is 2.26 bits per heavy atom. The number of methoxy groups -OCH3 is 4. The van der Waals surface area contributed by atoms with Crippen molar-refractivity contribution in [3.63, 3.8) is 0 Å². The predicted octanol–water partition coefficient (Wildman–Crippen LogP) is 4.27. The van der Waals surface area contributed by atoms with Gasteiger partial charge in [-0.15, -0.1) is 0 Å². The summed E-state index contributed by atoms with van der Waals surface area (Å²) >= 11 is 0.954. The van der Waals surface area contributed by atoms with E-state index in [9.17, 15) is 9.90 Å². The molecule has 2 heterocycles. The van der Waals surface area contributed by atoms with Gasteiger partial charge in [-0.05, 0) is 65.2 Å². The Bertz CT molecular complexity index is 1850. The van der Waals surface area contributed by atoms with Crippen LogP contribution in [0.3, 0.4) is 0 Å². The third-order valence-electron chi connectivity index (χ3n) is 6.70. The largest absolute Gasteiger partial charge is 0.493 e. The number of nitrogens with zero attached hydrogens (tertiary/aromatic N) is 3. The molecule has 0 saturated heterocycles. The summed E-state index contributed by atoms with van der Waals surface area (Å²) < 4.78 is 28.9. The molecule has 0 spiro atoms. The van der Waals surface area contributed by atoms with Crippen molar-refractivity contribution >= 4 is 28.9 Å². The van der Waals surface area contributed by atoms with E-state index in [1.165, 1.54) is 25.9 Å². The second kappa shape index (κ2) is 12.6. The number of fused-ring (bicyclic) bond motifs is 1. The van der Waals surface area contributed by atoms with Crippen molar-refractivity contribution in [1.29, 1.82) is 0 Å². The van der Waals surface area contributed by atoms with E-state index >= 15 is 0 Å². The van der Waals surface area contributed by atoms with Gasteiger partial charge < -0.3 is 28.8 Å². The maximum Gasteiger partial charge on any atom is 0.310 e. The minimum Gasteiger partial charge on any atom is -0.493 e. The fourth-order valence-electron chi connectivity index (χ4n) is 4.59. The van der Waals surface area contributed by atoms with Gasteiger partial charge >= 0.3 is 4.87 Å². The Kier molecular flexibility index (Phi) is 8.72. The number of hydrogen-bond donors (Lipinski definition) is 1. The quantitative estimate of drug-likeness (QED) is 0.272. The van der Waals surface area contributed by atoms with Crippen LogP contribution < -0.4 is 39.1 Å². The average Bonchev–Trinajstić information content (AvgIpc) is 3.55. The molecule has 0 fully saturated rings. The van der Waals surface area contributed by atoms with Crippen LogP contribution in [0.15, 0.2) is 63.3 Å². The van der Waals surface area contributed by atoms with Gasteiger partial charge in [0.25, 0.3) is 0 Å². The van der Waals surface area contributed by atoms with Crippen LogP contribution in [-0.4, -0.2) is 50.6 Å². The molecule has 0 bridgehead atoms. The molecular weight excluding hydrogens is 570 g/mol.